The fourth-order valence-corrected chi connectivity index (χ4v) is 1.77. The second-order valence-corrected chi connectivity index (χ2v) is 5.45. The van der Waals surface area contributed by atoms with Gasteiger partial charge in [0.15, 0.2) is 5.75 Å². The van der Waals surface area contributed by atoms with Gasteiger partial charge in [-0.3, -0.25) is 4.89 Å². The van der Waals surface area contributed by atoms with Crippen LogP contribution in [0, 0.1) is 0 Å². The van der Waals surface area contributed by atoms with Gasteiger partial charge in [-0.1, -0.05) is 37.4 Å². The zero-order valence-corrected chi connectivity index (χ0v) is 14.1. The molecule has 0 saturated heterocycles. The van der Waals surface area contributed by atoms with Crippen molar-refractivity contribution in [1.82, 2.24) is 0 Å². The molecule has 0 amide bonds. The van der Waals surface area contributed by atoms with E-state index in [0.717, 1.165) is 11.1 Å². The van der Waals surface area contributed by atoms with E-state index in [-0.39, 0.29) is 5.57 Å². The molecular formula is C20H18O5. The topological polar surface area (TPSA) is 61.8 Å². The molecule has 2 rings (SSSR count). The minimum Gasteiger partial charge on any atom is -0.423 e. The minimum absolute atomic E-state index is 0.254. The first-order chi connectivity index (χ1) is 11.9. The summed E-state index contributed by atoms with van der Waals surface area (Å²) >= 11 is 0. The molecule has 0 aromatic heterocycles. The Hall–Kier alpha value is -3.34. The van der Waals surface area contributed by atoms with Crippen molar-refractivity contribution >= 4 is 11.9 Å². The van der Waals surface area contributed by atoms with Crippen LogP contribution in [0.1, 0.15) is 13.8 Å². The molecule has 128 valence electrons. The highest BCUT2D eigenvalue weighted by Crippen LogP contribution is 2.25. The number of carbonyl (C=O) groups excluding carboxylic acids is 2. The number of rotatable bonds is 6. The maximum Gasteiger partial charge on any atom is 0.381 e. The van der Waals surface area contributed by atoms with E-state index in [1.54, 1.807) is 31.2 Å². The first-order valence-electron chi connectivity index (χ1n) is 7.49. The van der Waals surface area contributed by atoms with Crippen LogP contribution in [0.5, 0.6) is 11.5 Å². The Morgan fingerprint density at radius 2 is 1.16 bits per heavy atom. The van der Waals surface area contributed by atoms with Gasteiger partial charge in [0, 0.05) is 11.1 Å². The number of carbonyl (C=O) groups is 2. The number of hydrogen-bond acceptors (Lipinski definition) is 5. The maximum absolute atomic E-state index is 11.5. The number of benzene rings is 2. The second-order valence-electron chi connectivity index (χ2n) is 5.45. The molecule has 2 aromatic carbocycles. The molecule has 25 heavy (non-hydrogen) atoms. The molecule has 0 fully saturated rings. The van der Waals surface area contributed by atoms with Crippen molar-refractivity contribution in [2.45, 2.75) is 13.8 Å². The highest BCUT2D eigenvalue weighted by molar-refractivity contribution is 5.88. The lowest BCUT2D eigenvalue weighted by Crippen LogP contribution is -2.08. The molecule has 0 bridgehead atoms. The number of ether oxygens (including phenoxy) is 1. The smallest absolute Gasteiger partial charge is 0.381 e. The van der Waals surface area contributed by atoms with Crippen molar-refractivity contribution in [3.8, 4) is 22.6 Å². The lowest BCUT2D eigenvalue weighted by Gasteiger charge is -2.07. The molecule has 2 aromatic rings. The van der Waals surface area contributed by atoms with E-state index in [9.17, 15) is 9.59 Å². The van der Waals surface area contributed by atoms with E-state index in [0.29, 0.717) is 17.1 Å². The van der Waals surface area contributed by atoms with E-state index in [4.69, 9.17) is 9.62 Å². The van der Waals surface area contributed by atoms with Gasteiger partial charge < -0.3 is 4.74 Å². The van der Waals surface area contributed by atoms with Crippen LogP contribution < -0.4 is 9.62 Å². The normalized spacial score (nSPS) is 9.84. The summed E-state index contributed by atoms with van der Waals surface area (Å²) in [6.45, 7) is 10.1. The second kappa shape index (κ2) is 7.97. The fourth-order valence-electron chi connectivity index (χ4n) is 1.77. The molecule has 5 nitrogen and oxygen atoms in total. The fraction of sp³-hybridized carbons (Fsp3) is 0.100. The summed E-state index contributed by atoms with van der Waals surface area (Å²) in [4.78, 5) is 32.3. The summed E-state index contributed by atoms with van der Waals surface area (Å²) in [6.07, 6.45) is 0. The van der Waals surface area contributed by atoms with Crippen molar-refractivity contribution < 1.29 is 24.1 Å². The Bertz CT molecular complexity index is 801. The van der Waals surface area contributed by atoms with E-state index in [1.165, 1.54) is 6.92 Å². The highest BCUT2D eigenvalue weighted by Gasteiger charge is 2.07. The Balaban J connectivity index is 2.02. The van der Waals surface area contributed by atoms with E-state index in [2.05, 4.69) is 18.0 Å². The van der Waals surface area contributed by atoms with Crippen LogP contribution in [0.15, 0.2) is 72.8 Å². The number of esters is 1. The van der Waals surface area contributed by atoms with Crippen LogP contribution in [0.4, 0.5) is 0 Å². The Labute approximate surface area is 146 Å². The van der Waals surface area contributed by atoms with Gasteiger partial charge in [-0.25, -0.2) is 14.5 Å². The van der Waals surface area contributed by atoms with Crippen LogP contribution in [-0.4, -0.2) is 11.9 Å². The zero-order chi connectivity index (χ0) is 18.4. The summed E-state index contributed by atoms with van der Waals surface area (Å²) in [5.41, 5.74) is 2.45. The van der Waals surface area contributed by atoms with Crippen LogP contribution in [0.2, 0.25) is 0 Å². The standard InChI is InChI=1S/C20H18O5/c1-13(2)19(21)23-17-9-5-15(6-10-17)16-7-11-18(12-8-16)24-25-20(22)14(3)4/h5-12H,1,3H2,2,4H3. The van der Waals surface area contributed by atoms with Gasteiger partial charge in [-0.05, 0) is 49.2 Å². The first-order valence-corrected chi connectivity index (χ1v) is 7.49. The molecule has 0 N–H and O–H groups in total. The summed E-state index contributed by atoms with van der Waals surface area (Å²) in [7, 11) is 0. The van der Waals surface area contributed by atoms with Crippen molar-refractivity contribution in [3.63, 3.8) is 0 Å². The lowest BCUT2D eigenvalue weighted by atomic mass is 10.1. The van der Waals surface area contributed by atoms with Crippen molar-refractivity contribution in [1.29, 1.82) is 0 Å². The molecule has 0 aliphatic rings. The summed E-state index contributed by atoms with van der Waals surface area (Å²) in [5, 5.41) is 0. The Kier molecular flexibility index (Phi) is 5.74. The van der Waals surface area contributed by atoms with Gasteiger partial charge in [0.1, 0.15) is 5.75 Å². The maximum atomic E-state index is 11.5. The zero-order valence-electron chi connectivity index (χ0n) is 14.1. The van der Waals surface area contributed by atoms with E-state index in [1.807, 2.05) is 24.3 Å². The lowest BCUT2D eigenvalue weighted by molar-refractivity contribution is -0.208. The largest absolute Gasteiger partial charge is 0.423 e. The molecular weight excluding hydrogens is 320 g/mol. The third kappa shape index (κ3) is 5.07. The van der Waals surface area contributed by atoms with Crippen molar-refractivity contribution in [2.24, 2.45) is 0 Å². The summed E-state index contributed by atoms with van der Waals surface area (Å²) in [5.74, 6) is -0.240. The Morgan fingerprint density at radius 3 is 1.60 bits per heavy atom. The average Bonchev–Trinajstić information content (AvgIpc) is 2.60. The molecule has 0 atom stereocenters. The average molecular weight is 338 g/mol. The van der Waals surface area contributed by atoms with Gasteiger partial charge in [0.25, 0.3) is 0 Å². The summed E-state index contributed by atoms with van der Waals surface area (Å²) < 4.78 is 5.15. The van der Waals surface area contributed by atoms with Crippen molar-refractivity contribution in [2.75, 3.05) is 0 Å². The van der Waals surface area contributed by atoms with E-state index < -0.39 is 11.9 Å². The quantitative estimate of drug-likeness (QED) is 0.259. The molecule has 0 saturated carbocycles. The predicted molar refractivity (Wildman–Crippen MR) is 93.9 cm³/mol. The SMILES string of the molecule is C=C(C)C(=O)OOc1ccc(-c2ccc(OC(=O)C(=C)C)cc2)cc1. The van der Waals surface area contributed by atoms with Gasteiger partial charge in [-0.2, -0.15) is 0 Å². The van der Waals surface area contributed by atoms with Crippen LogP contribution >= 0.6 is 0 Å². The molecule has 0 aliphatic carbocycles. The summed E-state index contributed by atoms with van der Waals surface area (Å²) in [6, 6.07) is 14.1. The van der Waals surface area contributed by atoms with Gasteiger partial charge in [-0.15, -0.1) is 0 Å². The third-order valence-electron chi connectivity index (χ3n) is 3.16. The molecule has 0 heterocycles. The monoisotopic (exact) mass is 338 g/mol. The van der Waals surface area contributed by atoms with Gasteiger partial charge in [0.05, 0.1) is 0 Å². The minimum atomic E-state index is -0.621. The number of hydrogen-bond donors (Lipinski definition) is 0. The van der Waals surface area contributed by atoms with Crippen LogP contribution in [-0.2, 0) is 14.5 Å². The highest BCUT2D eigenvalue weighted by atomic mass is 17.2. The molecule has 5 heteroatoms. The first kappa shape index (κ1) is 18.0. The Morgan fingerprint density at radius 1 is 0.720 bits per heavy atom. The van der Waals surface area contributed by atoms with Crippen LogP contribution in [0.25, 0.3) is 11.1 Å². The van der Waals surface area contributed by atoms with Crippen molar-refractivity contribution in [3.05, 3.63) is 72.8 Å². The van der Waals surface area contributed by atoms with Gasteiger partial charge in [0.2, 0.25) is 0 Å². The van der Waals surface area contributed by atoms with Crippen LogP contribution in [0.3, 0.4) is 0 Å². The molecule has 0 radical (unpaired) electrons. The van der Waals surface area contributed by atoms with E-state index >= 15 is 0 Å². The van der Waals surface area contributed by atoms with Gasteiger partial charge >= 0.3 is 11.9 Å². The third-order valence-corrected chi connectivity index (χ3v) is 3.16. The molecule has 0 aliphatic heterocycles. The predicted octanol–water partition coefficient (Wildman–Crippen LogP) is 4.25. The molecule has 0 unspecified atom stereocenters. The molecule has 0 spiro atoms.